The van der Waals surface area contributed by atoms with Gasteiger partial charge in [0.2, 0.25) is 0 Å². The number of hydrazine groups is 1. The van der Waals surface area contributed by atoms with E-state index in [2.05, 4.69) is 10.9 Å². The summed E-state index contributed by atoms with van der Waals surface area (Å²) in [5.74, 6) is -2.26. The van der Waals surface area contributed by atoms with Gasteiger partial charge in [-0.05, 0) is 30.5 Å². The summed E-state index contributed by atoms with van der Waals surface area (Å²) in [4.78, 5) is 35.9. The number of phenols is 1. The van der Waals surface area contributed by atoms with Crippen LogP contribution in [0.2, 0.25) is 0 Å². The highest BCUT2D eigenvalue weighted by Gasteiger charge is 2.16. The Morgan fingerprint density at radius 3 is 2.39 bits per heavy atom. The van der Waals surface area contributed by atoms with Crippen LogP contribution >= 0.6 is 0 Å². The smallest absolute Gasteiger partial charge is 0.342 e. The van der Waals surface area contributed by atoms with E-state index in [4.69, 9.17) is 4.74 Å². The first-order chi connectivity index (χ1) is 13.5. The number of amides is 2. The first-order valence-electron chi connectivity index (χ1n) is 8.49. The van der Waals surface area contributed by atoms with Gasteiger partial charge in [0.1, 0.15) is 11.3 Å². The Hall–Kier alpha value is -3.87. The van der Waals surface area contributed by atoms with Gasteiger partial charge < -0.3 is 9.84 Å². The molecule has 0 atom stereocenters. The van der Waals surface area contributed by atoms with Crippen LogP contribution in [0, 0.1) is 6.92 Å². The number of nitrogens with one attached hydrogen (secondary N) is 2. The van der Waals surface area contributed by atoms with Crippen LogP contribution in [0.25, 0.3) is 10.8 Å². The van der Waals surface area contributed by atoms with E-state index in [1.54, 1.807) is 48.5 Å². The second kappa shape index (κ2) is 8.22. The summed E-state index contributed by atoms with van der Waals surface area (Å²) < 4.78 is 4.91. The highest BCUT2D eigenvalue weighted by atomic mass is 16.5. The third-order valence-corrected chi connectivity index (χ3v) is 4.08. The summed E-state index contributed by atoms with van der Waals surface area (Å²) in [6.45, 7) is 1.28. The molecule has 7 nitrogen and oxygen atoms in total. The summed E-state index contributed by atoms with van der Waals surface area (Å²) in [6, 6.07) is 16.9. The molecule has 0 fully saturated rings. The first-order valence-corrected chi connectivity index (χ1v) is 8.49. The van der Waals surface area contributed by atoms with Gasteiger partial charge in [-0.3, -0.25) is 20.4 Å². The summed E-state index contributed by atoms with van der Waals surface area (Å²) >= 11 is 0. The van der Waals surface area contributed by atoms with Crippen LogP contribution in [-0.4, -0.2) is 29.5 Å². The maximum Gasteiger partial charge on any atom is 0.342 e. The van der Waals surface area contributed by atoms with E-state index >= 15 is 0 Å². The molecular formula is C21H18N2O5. The van der Waals surface area contributed by atoms with E-state index in [0.717, 1.165) is 10.9 Å². The molecule has 142 valence electrons. The van der Waals surface area contributed by atoms with Crippen LogP contribution in [0.1, 0.15) is 26.3 Å². The van der Waals surface area contributed by atoms with Crippen molar-refractivity contribution in [3.05, 3.63) is 77.4 Å². The normalized spacial score (nSPS) is 10.3. The van der Waals surface area contributed by atoms with Crippen molar-refractivity contribution >= 4 is 28.6 Å². The van der Waals surface area contributed by atoms with Crippen LogP contribution in [-0.2, 0) is 9.53 Å². The molecule has 0 unspecified atom stereocenters. The van der Waals surface area contributed by atoms with Gasteiger partial charge in [-0.2, -0.15) is 0 Å². The predicted molar refractivity (Wildman–Crippen MR) is 103 cm³/mol. The monoisotopic (exact) mass is 378 g/mol. The number of carbonyl (C=O) groups is 3. The van der Waals surface area contributed by atoms with Gasteiger partial charge in [0.15, 0.2) is 6.61 Å². The number of aromatic hydroxyl groups is 1. The Balaban J connectivity index is 1.54. The third-order valence-electron chi connectivity index (χ3n) is 4.08. The molecule has 3 aromatic carbocycles. The lowest BCUT2D eigenvalue weighted by molar-refractivity contribution is -0.125. The number of hydrogen-bond donors (Lipinski definition) is 3. The number of phenolic OH excluding ortho intramolecular Hbond substituents is 1. The van der Waals surface area contributed by atoms with Crippen molar-refractivity contribution in [2.45, 2.75) is 6.92 Å². The minimum absolute atomic E-state index is 0.0461. The molecule has 0 aliphatic carbocycles. The zero-order valence-corrected chi connectivity index (χ0v) is 15.1. The van der Waals surface area contributed by atoms with Gasteiger partial charge in [-0.25, -0.2) is 4.79 Å². The van der Waals surface area contributed by atoms with Crippen molar-refractivity contribution in [1.82, 2.24) is 10.9 Å². The quantitative estimate of drug-likeness (QED) is 0.478. The number of ether oxygens (including phenoxy) is 1. The number of aryl methyl sites for hydroxylation is 1. The van der Waals surface area contributed by atoms with E-state index in [0.29, 0.717) is 10.9 Å². The molecule has 0 saturated carbocycles. The Morgan fingerprint density at radius 1 is 0.929 bits per heavy atom. The molecule has 0 saturated heterocycles. The van der Waals surface area contributed by atoms with Crippen molar-refractivity contribution in [1.29, 1.82) is 0 Å². The first kappa shape index (κ1) is 18.9. The molecule has 0 aliphatic rings. The van der Waals surface area contributed by atoms with Crippen LogP contribution < -0.4 is 10.9 Å². The minimum Gasteiger partial charge on any atom is -0.506 e. The fourth-order valence-corrected chi connectivity index (χ4v) is 2.57. The van der Waals surface area contributed by atoms with Gasteiger partial charge in [0.25, 0.3) is 11.8 Å². The standard InChI is InChI=1S/C21H18N2O5/c1-13-6-8-15(9-7-13)20(26)23-22-18(24)12-28-21(27)17-11-10-14-4-2-3-5-16(14)19(17)25/h2-11,25H,12H2,1H3,(H,22,24)(H,23,26). The summed E-state index contributed by atoms with van der Waals surface area (Å²) in [6.07, 6.45) is 0. The zero-order chi connectivity index (χ0) is 20.1. The fourth-order valence-electron chi connectivity index (χ4n) is 2.57. The van der Waals surface area contributed by atoms with Gasteiger partial charge in [-0.15, -0.1) is 0 Å². The minimum atomic E-state index is -0.844. The molecule has 3 rings (SSSR count). The molecule has 0 radical (unpaired) electrons. The Labute approximate surface area is 160 Å². The zero-order valence-electron chi connectivity index (χ0n) is 15.1. The van der Waals surface area contributed by atoms with E-state index in [9.17, 15) is 19.5 Å². The summed E-state index contributed by atoms with van der Waals surface area (Å²) in [5.41, 5.74) is 5.74. The average molecular weight is 378 g/mol. The molecule has 3 N–H and O–H groups in total. The Kier molecular flexibility index (Phi) is 5.55. The SMILES string of the molecule is Cc1ccc(C(=O)NNC(=O)COC(=O)c2ccc3ccccc3c2O)cc1. The third kappa shape index (κ3) is 4.27. The van der Waals surface area contributed by atoms with Gasteiger partial charge in [0.05, 0.1) is 0 Å². The molecule has 28 heavy (non-hydrogen) atoms. The molecule has 0 heterocycles. The number of esters is 1. The fraction of sp³-hybridized carbons (Fsp3) is 0.0952. The summed E-state index contributed by atoms with van der Waals surface area (Å²) in [7, 11) is 0. The predicted octanol–water partition coefficient (Wildman–Crippen LogP) is 2.47. The second-order valence-corrected chi connectivity index (χ2v) is 6.13. The maximum absolute atomic E-state index is 12.2. The lowest BCUT2D eigenvalue weighted by Gasteiger charge is -2.10. The van der Waals surface area contributed by atoms with Gasteiger partial charge in [-0.1, -0.05) is 48.0 Å². The van der Waals surface area contributed by atoms with Gasteiger partial charge >= 0.3 is 5.97 Å². The van der Waals surface area contributed by atoms with Gasteiger partial charge in [0, 0.05) is 10.9 Å². The van der Waals surface area contributed by atoms with Crippen LogP contribution in [0.4, 0.5) is 0 Å². The second-order valence-electron chi connectivity index (χ2n) is 6.13. The lowest BCUT2D eigenvalue weighted by atomic mass is 10.1. The topological polar surface area (TPSA) is 105 Å². The van der Waals surface area contributed by atoms with Crippen molar-refractivity contribution in [3.8, 4) is 5.75 Å². The van der Waals surface area contributed by atoms with Crippen LogP contribution in [0.5, 0.6) is 5.75 Å². The molecule has 0 bridgehead atoms. The summed E-state index contributed by atoms with van der Waals surface area (Å²) in [5, 5.41) is 11.5. The van der Waals surface area contributed by atoms with Crippen molar-refractivity contribution in [2.24, 2.45) is 0 Å². The largest absolute Gasteiger partial charge is 0.506 e. The average Bonchev–Trinajstić information content (AvgIpc) is 2.71. The van der Waals surface area contributed by atoms with Crippen LogP contribution in [0.3, 0.4) is 0 Å². The molecule has 3 aromatic rings. The molecule has 2 amide bonds. The maximum atomic E-state index is 12.2. The van der Waals surface area contributed by atoms with Crippen molar-refractivity contribution < 1.29 is 24.2 Å². The van der Waals surface area contributed by atoms with Crippen molar-refractivity contribution in [3.63, 3.8) is 0 Å². The Bertz CT molecular complexity index is 1040. The highest BCUT2D eigenvalue weighted by Crippen LogP contribution is 2.28. The van der Waals surface area contributed by atoms with E-state index in [1.807, 2.05) is 13.0 Å². The van der Waals surface area contributed by atoms with E-state index in [1.165, 1.54) is 6.07 Å². The number of benzene rings is 3. The molecule has 0 aromatic heterocycles. The molecular weight excluding hydrogens is 360 g/mol. The van der Waals surface area contributed by atoms with E-state index < -0.39 is 24.4 Å². The molecule has 0 aliphatic heterocycles. The molecule has 0 spiro atoms. The van der Waals surface area contributed by atoms with E-state index in [-0.39, 0.29) is 11.3 Å². The number of hydrogen-bond acceptors (Lipinski definition) is 5. The van der Waals surface area contributed by atoms with Crippen molar-refractivity contribution in [2.75, 3.05) is 6.61 Å². The molecule has 7 heteroatoms. The number of fused-ring (bicyclic) bond motifs is 1. The number of carbonyl (C=O) groups excluding carboxylic acids is 3. The van der Waals surface area contributed by atoms with Crippen LogP contribution in [0.15, 0.2) is 60.7 Å². The highest BCUT2D eigenvalue weighted by molar-refractivity contribution is 6.01. The Morgan fingerprint density at radius 2 is 1.64 bits per heavy atom. The lowest BCUT2D eigenvalue weighted by Crippen LogP contribution is -2.43. The number of rotatable bonds is 4.